The fraction of sp³-hybridized carbons (Fsp3) is 0.857. The third-order valence-electron chi connectivity index (χ3n) is 1.91. The summed E-state index contributed by atoms with van der Waals surface area (Å²) in [6, 6.07) is 0. The van der Waals surface area contributed by atoms with Crippen LogP contribution >= 0.6 is 11.6 Å². The number of rotatable bonds is 2. The Hall–Kier alpha value is -0.290. The lowest BCUT2D eigenvalue weighted by molar-refractivity contribution is 0.0152. The van der Waals surface area contributed by atoms with Gasteiger partial charge < -0.3 is 4.84 Å². The Morgan fingerprint density at radius 1 is 1.69 bits per heavy atom. The Labute approximate surface area is 82.8 Å². The first-order valence-corrected chi connectivity index (χ1v) is 6.16. The van der Waals surface area contributed by atoms with E-state index in [1.165, 1.54) is 0 Å². The van der Waals surface area contributed by atoms with Crippen LogP contribution in [0.25, 0.3) is 0 Å². The number of hydrogen-bond donors (Lipinski definition) is 0. The van der Waals surface area contributed by atoms with Gasteiger partial charge in [0.25, 0.3) is 0 Å². The molecule has 0 saturated carbocycles. The van der Waals surface area contributed by atoms with Gasteiger partial charge in [-0.25, -0.2) is 8.42 Å². The minimum absolute atomic E-state index is 0.0492. The second-order valence-corrected chi connectivity index (χ2v) is 5.79. The molecule has 0 bridgehead atoms. The van der Waals surface area contributed by atoms with E-state index in [4.69, 9.17) is 16.4 Å². The van der Waals surface area contributed by atoms with Crippen molar-refractivity contribution >= 4 is 26.5 Å². The van der Waals surface area contributed by atoms with Crippen molar-refractivity contribution in [2.45, 2.75) is 25.9 Å². The number of sulfone groups is 1. The van der Waals surface area contributed by atoms with Crippen molar-refractivity contribution in [3.8, 4) is 0 Å². The Morgan fingerprint density at radius 2 is 2.31 bits per heavy atom. The van der Waals surface area contributed by atoms with Crippen molar-refractivity contribution in [2.24, 2.45) is 5.16 Å². The van der Waals surface area contributed by atoms with E-state index in [0.29, 0.717) is 0 Å². The quantitative estimate of drug-likeness (QED) is 0.663. The molecular weight excluding hydrogens is 214 g/mol. The van der Waals surface area contributed by atoms with E-state index in [9.17, 15) is 8.42 Å². The van der Waals surface area contributed by atoms with Gasteiger partial charge in [0.05, 0.1) is 11.6 Å². The largest absolute Gasteiger partial charge is 0.387 e. The Bertz CT molecular complexity index is 325. The maximum atomic E-state index is 11.4. The molecule has 1 aliphatic heterocycles. The topological polar surface area (TPSA) is 55.7 Å². The van der Waals surface area contributed by atoms with E-state index in [2.05, 4.69) is 5.16 Å². The number of oxime groups is 1. The highest BCUT2D eigenvalue weighted by molar-refractivity contribution is 8.06. The summed E-state index contributed by atoms with van der Waals surface area (Å²) in [5, 5.41) is 3.66. The SMILES string of the molecule is CCS(=O)(=O)C1=NOC(C)(CCl)C1. The first-order chi connectivity index (χ1) is 5.93. The zero-order valence-electron chi connectivity index (χ0n) is 7.58. The van der Waals surface area contributed by atoms with E-state index in [1.54, 1.807) is 13.8 Å². The van der Waals surface area contributed by atoms with Crippen molar-refractivity contribution in [2.75, 3.05) is 11.6 Å². The lowest BCUT2D eigenvalue weighted by Gasteiger charge is -2.16. The average Bonchev–Trinajstić information content (AvgIpc) is 2.50. The highest BCUT2D eigenvalue weighted by Gasteiger charge is 2.38. The molecule has 0 fully saturated rings. The molecule has 0 radical (unpaired) electrons. The summed E-state index contributed by atoms with van der Waals surface area (Å²) in [6.07, 6.45) is 0.271. The lowest BCUT2D eigenvalue weighted by atomic mass is 10.1. The van der Waals surface area contributed by atoms with Gasteiger partial charge in [0.2, 0.25) is 0 Å². The van der Waals surface area contributed by atoms with Crippen molar-refractivity contribution in [3.05, 3.63) is 0 Å². The molecule has 13 heavy (non-hydrogen) atoms. The molecular formula is C7H12ClNO3S. The van der Waals surface area contributed by atoms with E-state index in [0.717, 1.165) is 0 Å². The summed E-state index contributed by atoms with van der Waals surface area (Å²) >= 11 is 5.61. The van der Waals surface area contributed by atoms with E-state index < -0.39 is 15.4 Å². The maximum absolute atomic E-state index is 11.4. The van der Waals surface area contributed by atoms with E-state index in [1.807, 2.05) is 0 Å². The van der Waals surface area contributed by atoms with E-state index in [-0.39, 0.29) is 23.1 Å². The molecule has 0 aromatic carbocycles. The Morgan fingerprint density at radius 3 is 2.69 bits per heavy atom. The molecule has 0 amide bonds. The van der Waals surface area contributed by atoms with Crippen LogP contribution < -0.4 is 0 Å². The van der Waals surface area contributed by atoms with Gasteiger partial charge in [-0.15, -0.1) is 11.6 Å². The fourth-order valence-electron chi connectivity index (χ4n) is 0.951. The molecule has 1 unspecified atom stereocenters. The third-order valence-corrected chi connectivity index (χ3v) is 4.18. The van der Waals surface area contributed by atoms with Crippen LogP contribution in [-0.2, 0) is 14.7 Å². The van der Waals surface area contributed by atoms with Crippen LogP contribution in [0, 0.1) is 0 Å². The molecule has 0 spiro atoms. The molecule has 1 heterocycles. The molecule has 1 rings (SSSR count). The van der Waals surface area contributed by atoms with Crippen LogP contribution in [0.2, 0.25) is 0 Å². The van der Waals surface area contributed by atoms with Gasteiger partial charge in [-0.05, 0) is 6.92 Å². The van der Waals surface area contributed by atoms with E-state index >= 15 is 0 Å². The Kier molecular flexibility index (Phi) is 2.87. The zero-order valence-corrected chi connectivity index (χ0v) is 9.15. The molecule has 0 aliphatic carbocycles. The normalized spacial score (nSPS) is 28.4. The molecule has 1 atom stereocenters. The van der Waals surface area contributed by atoms with Crippen molar-refractivity contribution in [3.63, 3.8) is 0 Å². The molecule has 1 aliphatic rings. The van der Waals surface area contributed by atoms with Crippen LogP contribution in [0.3, 0.4) is 0 Å². The fourth-order valence-corrected chi connectivity index (χ4v) is 2.10. The molecule has 76 valence electrons. The summed E-state index contributed by atoms with van der Waals surface area (Å²) in [6.45, 7) is 3.32. The van der Waals surface area contributed by atoms with Crippen LogP contribution in [-0.4, -0.2) is 30.7 Å². The summed E-state index contributed by atoms with van der Waals surface area (Å²) in [5.41, 5.74) is -0.654. The van der Waals surface area contributed by atoms with Gasteiger partial charge in [-0.3, -0.25) is 0 Å². The van der Waals surface area contributed by atoms with Crippen LogP contribution in [0.5, 0.6) is 0 Å². The van der Waals surface area contributed by atoms with Crippen LogP contribution in [0.15, 0.2) is 5.16 Å². The highest BCUT2D eigenvalue weighted by atomic mass is 35.5. The van der Waals surface area contributed by atoms with Gasteiger partial charge in [-0.1, -0.05) is 12.1 Å². The molecule has 0 aromatic heterocycles. The summed E-state index contributed by atoms with van der Waals surface area (Å²) < 4.78 is 22.7. The minimum Gasteiger partial charge on any atom is -0.387 e. The number of hydrogen-bond acceptors (Lipinski definition) is 4. The van der Waals surface area contributed by atoms with Gasteiger partial charge in [0, 0.05) is 6.42 Å². The molecule has 6 heteroatoms. The smallest absolute Gasteiger partial charge is 0.194 e. The summed E-state index contributed by atoms with van der Waals surface area (Å²) in [4.78, 5) is 4.97. The number of nitrogens with zero attached hydrogens (tertiary/aromatic N) is 1. The molecule has 0 aromatic rings. The second-order valence-electron chi connectivity index (χ2n) is 3.24. The summed E-state index contributed by atoms with van der Waals surface area (Å²) in [7, 11) is -3.21. The van der Waals surface area contributed by atoms with Gasteiger partial charge >= 0.3 is 0 Å². The predicted molar refractivity (Wildman–Crippen MR) is 51.7 cm³/mol. The lowest BCUT2D eigenvalue weighted by Crippen LogP contribution is -2.28. The van der Waals surface area contributed by atoms with Gasteiger partial charge in [0.15, 0.2) is 20.5 Å². The van der Waals surface area contributed by atoms with Gasteiger partial charge in [-0.2, -0.15) is 0 Å². The van der Waals surface area contributed by atoms with Crippen molar-refractivity contribution in [1.29, 1.82) is 0 Å². The minimum atomic E-state index is -3.21. The Balaban J connectivity index is 2.81. The number of alkyl halides is 1. The first kappa shape index (κ1) is 10.8. The monoisotopic (exact) mass is 225 g/mol. The molecule has 0 N–H and O–H groups in total. The molecule has 0 saturated heterocycles. The zero-order chi connectivity index (χ0) is 10.1. The predicted octanol–water partition coefficient (Wildman–Crippen LogP) is 1.15. The third kappa shape index (κ3) is 2.14. The number of halogens is 1. The second kappa shape index (κ2) is 3.46. The standard InChI is InChI=1S/C7H12ClNO3S/c1-3-13(10,11)6-4-7(2,5-8)12-9-6/h3-5H2,1-2H3. The first-order valence-electron chi connectivity index (χ1n) is 3.97. The van der Waals surface area contributed by atoms with Crippen molar-refractivity contribution < 1.29 is 13.3 Å². The summed E-state index contributed by atoms with van der Waals surface area (Å²) in [5.74, 6) is 0.285. The highest BCUT2D eigenvalue weighted by Crippen LogP contribution is 2.26. The average molecular weight is 226 g/mol. The van der Waals surface area contributed by atoms with Crippen molar-refractivity contribution in [1.82, 2.24) is 0 Å². The molecule has 4 nitrogen and oxygen atoms in total. The maximum Gasteiger partial charge on any atom is 0.194 e. The van der Waals surface area contributed by atoms with Crippen LogP contribution in [0.4, 0.5) is 0 Å². The van der Waals surface area contributed by atoms with Gasteiger partial charge in [0.1, 0.15) is 0 Å². The van der Waals surface area contributed by atoms with Crippen LogP contribution in [0.1, 0.15) is 20.3 Å².